The van der Waals surface area contributed by atoms with Gasteiger partial charge in [0.25, 0.3) is 0 Å². The summed E-state index contributed by atoms with van der Waals surface area (Å²) in [6.07, 6.45) is 1.52. The van der Waals surface area contributed by atoms with Crippen molar-refractivity contribution in [1.82, 2.24) is 5.32 Å². The average molecular weight is 273 g/mol. The standard InChI is InChI=1S/C16H19NO3/c1-11-5-3-6-13(9-11)12(2)16(19)17-14(10-18)15-7-4-8-20-15/h3-9,12,14,18H,10H2,1-2H3,(H,17,19). The number of amides is 1. The molecule has 0 aliphatic rings. The maximum Gasteiger partial charge on any atom is 0.227 e. The first-order chi connectivity index (χ1) is 9.61. The number of aliphatic hydroxyl groups excluding tert-OH is 1. The first kappa shape index (κ1) is 14.3. The lowest BCUT2D eigenvalue weighted by molar-refractivity contribution is -0.123. The molecule has 4 nitrogen and oxygen atoms in total. The van der Waals surface area contributed by atoms with Gasteiger partial charge in [-0.2, -0.15) is 0 Å². The molecule has 2 unspecified atom stereocenters. The quantitative estimate of drug-likeness (QED) is 0.880. The summed E-state index contributed by atoms with van der Waals surface area (Å²) in [6, 6.07) is 10.8. The van der Waals surface area contributed by atoms with Crippen LogP contribution < -0.4 is 5.32 Å². The Hall–Kier alpha value is -2.07. The molecule has 0 bridgehead atoms. The van der Waals surface area contributed by atoms with E-state index >= 15 is 0 Å². The Morgan fingerprint density at radius 1 is 1.35 bits per heavy atom. The summed E-state index contributed by atoms with van der Waals surface area (Å²) < 4.78 is 5.22. The molecule has 1 aromatic carbocycles. The lowest BCUT2D eigenvalue weighted by Gasteiger charge is -2.18. The molecule has 0 aliphatic carbocycles. The Kier molecular flexibility index (Phi) is 4.58. The van der Waals surface area contributed by atoms with Crippen LogP contribution in [0.3, 0.4) is 0 Å². The Balaban J connectivity index is 2.07. The zero-order valence-corrected chi connectivity index (χ0v) is 11.7. The number of aliphatic hydroxyl groups is 1. The molecule has 20 heavy (non-hydrogen) atoms. The molecule has 2 aromatic rings. The van der Waals surface area contributed by atoms with Crippen molar-refractivity contribution >= 4 is 5.91 Å². The van der Waals surface area contributed by atoms with Crippen LogP contribution in [0.15, 0.2) is 47.1 Å². The van der Waals surface area contributed by atoms with Crippen LogP contribution >= 0.6 is 0 Å². The number of furan rings is 1. The second kappa shape index (κ2) is 6.39. The number of rotatable bonds is 5. The second-order valence-corrected chi connectivity index (χ2v) is 4.89. The average Bonchev–Trinajstić information content (AvgIpc) is 2.97. The third-order valence-corrected chi connectivity index (χ3v) is 3.32. The molecule has 1 heterocycles. The Labute approximate surface area is 118 Å². The van der Waals surface area contributed by atoms with Crippen molar-refractivity contribution in [2.75, 3.05) is 6.61 Å². The molecule has 0 spiro atoms. The van der Waals surface area contributed by atoms with Crippen molar-refractivity contribution in [3.05, 3.63) is 59.5 Å². The second-order valence-electron chi connectivity index (χ2n) is 4.89. The van der Waals surface area contributed by atoms with E-state index in [1.54, 1.807) is 12.1 Å². The molecule has 2 atom stereocenters. The molecule has 0 aliphatic heterocycles. The van der Waals surface area contributed by atoms with E-state index in [1.807, 2.05) is 38.1 Å². The lowest BCUT2D eigenvalue weighted by atomic mass is 9.98. The predicted octanol–water partition coefficient (Wildman–Crippen LogP) is 2.54. The molecular weight excluding hydrogens is 254 g/mol. The van der Waals surface area contributed by atoms with Crippen LogP contribution in [0, 0.1) is 6.92 Å². The normalized spacial score (nSPS) is 13.8. The number of nitrogens with one attached hydrogen (secondary N) is 1. The SMILES string of the molecule is Cc1cccc(C(C)C(=O)NC(CO)c2ccco2)c1. The summed E-state index contributed by atoms with van der Waals surface area (Å²) in [6.45, 7) is 3.65. The van der Waals surface area contributed by atoms with E-state index in [0.717, 1.165) is 11.1 Å². The highest BCUT2D eigenvalue weighted by molar-refractivity contribution is 5.83. The highest BCUT2D eigenvalue weighted by Crippen LogP contribution is 2.19. The van der Waals surface area contributed by atoms with Crippen LogP contribution in [0.25, 0.3) is 0 Å². The third-order valence-electron chi connectivity index (χ3n) is 3.32. The van der Waals surface area contributed by atoms with Crippen LogP contribution in [0.4, 0.5) is 0 Å². The topological polar surface area (TPSA) is 62.5 Å². The summed E-state index contributed by atoms with van der Waals surface area (Å²) in [5, 5.41) is 12.2. The fourth-order valence-corrected chi connectivity index (χ4v) is 2.08. The number of carbonyl (C=O) groups excluding carboxylic acids is 1. The summed E-state index contributed by atoms with van der Waals surface area (Å²) in [5.74, 6) is 0.141. The Morgan fingerprint density at radius 3 is 2.75 bits per heavy atom. The van der Waals surface area contributed by atoms with Crippen molar-refractivity contribution in [2.45, 2.75) is 25.8 Å². The highest BCUT2D eigenvalue weighted by Gasteiger charge is 2.21. The molecule has 2 rings (SSSR count). The van der Waals surface area contributed by atoms with Gasteiger partial charge in [-0.25, -0.2) is 0 Å². The minimum atomic E-state index is -0.509. The molecule has 0 saturated heterocycles. The smallest absolute Gasteiger partial charge is 0.227 e. The monoisotopic (exact) mass is 273 g/mol. The number of benzene rings is 1. The zero-order chi connectivity index (χ0) is 14.5. The minimum absolute atomic E-state index is 0.133. The minimum Gasteiger partial charge on any atom is -0.467 e. The molecule has 1 amide bonds. The van der Waals surface area contributed by atoms with Crippen molar-refractivity contribution in [3.8, 4) is 0 Å². The fraction of sp³-hybridized carbons (Fsp3) is 0.312. The van der Waals surface area contributed by atoms with Gasteiger partial charge in [0.15, 0.2) is 0 Å². The van der Waals surface area contributed by atoms with Crippen molar-refractivity contribution < 1.29 is 14.3 Å². The molecule has 0 radical (unpaired) electrons. The Morgan fingerprint density at radius 2 is 2.15 bits per heavy atom. The molecule has 1 aromatic heterocycles. The zero-order valence-electron chi connectivity index (χ0n) is 11.7. The molecular formula is C16H19NO3. The van der Waals surface area contributed by atoms with Gasteiger partial charge in [-0.3, -0.25) is 4.79 Å². The van der Waals surface area contributed by atoms with Gasteiger partial charge in [0.1, 0.15) is 11.8 Å². The van der Waals surface area contributed by atoms with Gasteiger partial charge in [0.2, 0.25) is 5.91 Å². The van der Waals surface area contributed by atoms with Crippen molar-refractivity contribution in [2.24, 2.45) is 0 Å². The van der Waals surface area contributed by atoms with Crippen LogP contribution in [0.1, 0.15) is 35.8 Å². The summed E-state index contributed by atoms with van der Waals surface area (Å²) in [4.78, 5) is 12.3. The van der Waals surface area contributed by atoms with Crippen LogP contribution in [-0.2, 0) is 4.79 Å². The fourth-order valence-electron chi connectivity index (χ4n) is 2.08. The van der Waals surface area contributed by atoms with Gasteiger partial charge < -0.3 is 14.8 Å². The van der Waals surface area contributed by atoms with E-state index in [2.05, 4.69) is 5.32 Å². The largest absolute Gasteiger partial charge is 0.467 e. The van der Waals surface area contributed by atoms with E-state index < -0.39 is 6.04 Å². The van der Waals surface area contributed by atoms with Gasteiger partial charge in [-0.1, -0.05) is 29.8 Å². The van der Waals surface area contributed by atoms with Gasteiger partial charge in [0, 0.05) is 0 Å². The van der Waals surface area contributed by atoms with Crippen LogP contribution in [0.2, 0.25) is 0 Å². The first-order valence-electron chi connectivity index (χ1n) is 6.63. The van der Waals surface area contributed by atoms with Gasteiger partial charge in [-0.15, -0.1) is 0 Å². The number of hydrogen-bond acceptors (Lipinski definition) is 3. The number of hydrogen-bond donors (Lipinski definition) is 2. The first-order valence-corrected chi connectivity index (χ1v) is 6.63. The maximum absolute atomic E-state index is 12.3. The lowest BCUT2D eigenvalue weighted by Crippen LogP contribution is -2.33. The predicted molar refractivity (Wildman–Crippen MR) is 76.3 cm³/mol. The number of aryl methyl sites for hydroxylation is 1. The van der Waals surface area contributed by atoms with E-state index in [0.29, 0.717) is 5.76 Å². The van der Waals surface area contributed by atoms with Gasteiger partial charge in [-0.05, 0) is 31.5 Å². The van der Waals surface area contributed by atoms with E-state index in [4.69, 9.17) is 4.42 Å². The maximum atomic E-state index is 12.3. The third kappa shape index (κ3) is 3.27. The molecule has 106 valence electrons. The highest BCUT2D eigenvalue weighted by atomic mass is 16.3. The summed E-state index contributed by atoms with van der Waals surface area (Å²) in [7, 11) is 0. The Bertz CT molecular complexity index is 563. The summed E-state index contributed by atoms with van der Waals surface area (Å²) >= 11 is 0. The van der Waals surface area contributed by atoms with Crippen LogP contribution in [0.5, 0.6) is 0 Å². The molecule has 4 heteroatoms. The van der Waals surface area contributed by atoms with E-state index in [-0.39, 0.29) is 18.4 Å². The van der Waals surface area contributed by atoms with Crippen LogP contribution in [-0.4, -0.2) is 17.6 Å². The van der Waals surface area contributed by atoms with Crippen molar-refractivity contribution in [1.29, 1.82) is 0 Å². The molecule has 0 fully saturated rings. The van der Waals surface area contributed by atoms with Gasteiger partial charge >= 0.3 is 0 Å². The molecule has 0 saturated carbocycles. The van der Waals surface area contributed by atoms with Gasteiger partial charge in [0.05, 0.1) is 18.8 Å². The van der Waals surface area contributed by atoms with E-state index in [9.17, 15) is 9.90 Å². The number of carbonyl (C=O) groups is 1. The summed E-state index contributed by atoms with van der Waals surface area (Å²) in [5.41, 5.74) is 2.07. The van der Waals surface area contributed by atoms with E-state index in [1.165, 1.54) is 6.26 Å². The van der Waals surface area contributed by atoms with Crippen molar-refractivity contribution in [3.63, 3.8) is 0 Å². The molecule has 2 N–H and O–H groups in total.